The second-order valence-corrected chi connectivity index (χ2v) is 5.48. The van der Waals surface area contributed by atoms with E-state index in [1.807, 2.05) is 4.90 Å². The van der Waals surface area contributed by atoms with E-state index in [4.69, 9.17) is 0 Å². The SMILES string of the molecule is CN=C(NCc1nccn1CC(F)(F)F)N1CCN(C(C)=O)CC1. The summed E-state index contributed by atoms with van der Waals surface area (Å²) in [4.78, 5) is 23.2. The number of halogens is 3. The van der Waals surface area contributed by atoms with E-state index in [1.165, 1.54) is 19.3 Å². The number of nitrogens with one attached hydrogen (secondary N) is 1. The van der Waals surface area contributed by atoms with Gasteiger partial charge in [0.05, 0.1) is 6.54 Å². The van der Waals surface area contributed by atoms with Crippen LogP contribution in [0.5, 0.6) is 0 Å². The number of aliphatic imine (C=N–C) groups is 1. The van der Waals surface area contributed by atoms with Crippen molar-refractivity contribution in [1.82, 2.24) is 24.7 Å². The van der Waals surface area contributed by atoms with E-state index in [9.17, 15) is 18.0 Å². The van der Waals surface area contributed by atoms with Gasteiger partial charge in [-0.05, 0) is 0 Å². The van der Waals surface area contributed by atoms with Gasteiger partial charge >= 0.3 is 6.18 Å². The number of carbonyl (C=O) groups is 1. The summed E-state index contributed by atoms with van der Waals surface area (Å²) >= 11 is 0. The molecule has 0 atom stereocenters. The molecule has 0 bridgehead atoms. The summed E-state index contributed by atoms with van der Waals surface area (Å²) in [5, 5.41) is 3.03. The number of hydrogen-bond donors (Lipinski definition) is 1. The quantitative estimate of drug-likeness (QED) is 0.646. The number of nitrogens with zero attached hydrogens (tertiary/aromatic N) is 5. The van der Waals surface area contributed by atoms with Crippen molar-refractivity contribution in [1.29, 1.82) is 0 Å². The summed E-state index contributed by atoms with van der Waals surface area (Å²) in [6.07, 6.45) is -1.64. The number of imidazole rings is 1. The summed E-state index contributed by atoms with van der Waals surface area (Å²) in [6, 6.07) is 0. The molecule has 1 aliphatic heterocycles. The average molecular weight is 346 g/mol. The highest BCUT2D eigenvalue weighted by Gasteiger charge is 2.29. The van der Waals surface area contributed by atoms with Crippen molar-refractivity contribution in [2.45, 2.75) is 26.2 Å². The summed E-state index contributed by atoms with van der Waals surface area (Å²) < 4.78 is 38.6. The number of alkyl halides is 3. The lowest BCUT2D eigenvalue weighted by Crippen LogP contribution is -2.53. The maximum atomic E-state index is 12.5. The zero-order valence-electron chi connectivity index (χ0n) is 13.7. The fourth-order valence-electron chi connectivity index (χ4n) is 2.57. The Morgan fingerprint density at radius 1 is 1.29 bits per heavy atom. The molecular formula is C14H21F3N6O. The molecule has 134 valence electrons. The van der Waals surface area contributed by atoms with Crippen molar-refractivity contribution in [2.24, 2.45) is 4.99 Å². The first kappa shape index (κ1) is 18.1. The fraction of sp³-hybridized carbons (Fsp3) is 0.643. The molecule has 1 saturated heterocycles. The number of guanidine groups is 1. The molecule has 0 spiro atoms. The van der Waals surface area contributed by atoms with Crippen LogP contribution < -0.4 is 5.32 Å². The minimum absolute atomic E-state index is 0.0341. The van der Waals surface area contributed by atoms with Gasteiger partial charge < -0.3 is 19.7 Å². The van der Waals surface area contributed by atoms with Gasteiger partial charge in [0.2, 0.25) is 5.91 Å². The largest absolute Gasteiger partial charge is 0.406 e. The molecule has 1 N–H and O–H groups in total. The minimum Gasteiger partial charge on any atom is -0.349 e. The molecule has 1 aliphatic rings. The van der Waals surface area contributed by atoms with Crippen LogP contribution in [0.2, 0.25) is 0 Å². The number of piperazine rings is 1. The first-order chi connectivity index (χ1) is 11.3. The summed E-state index contributed by atoms with van der Waals surface area (Å²) in [7, 11) is 1.61. The van der Waals surface area contributed by atoms with Gasteiger partial charge in [-0.15, -0.1) is 0 Å². The minimum atomic E-state index is -4.29. The van der Waals surface area contributed by atoms with Crippen LogP contribution in [-0.4, -0.2) is 70.6 Å². The van der Waals surface area contributed by atoms with E-state index in [0.717, 1.165) is 4.57 Å². The van der Waals surface area contributed by atoms with E-state index in [0.29, 0.717) is 32.1 Å². The summed E-state index contributed by atoms with van der Waals surface area (Å²) in [6.45, 7) is 3.04. The van der Waals surface area contributed by atoms with Crippen LogP contribution in [0.4, 0.5) is 13.2 Å². The molecule has 1 aromatic heterocycles. The molecule has 7 nitrogen and oxygen atoms in total. The first-order valence-corrected chi connectivity index (χ1v) is 7.58. The van der Waals surface area contributed by atoms with E-state index >= 15 is 0 Å². The number of carbonyl (C=O) groups excluding carboxylic acids is 1. The van der Waals surface area contributed by atoms with Crippen LogP contribution in [0.1, 0.15) is 12.7 Å². The second-order valence-electron chi connectivity index (χ2n) is 5.48. The van der Waals surface area contributed by atoms with Crippen molar-refractivity contribution in [2.75, 3.05) is 33.2 Å². The zero-order chi connectivity index (χ0) is 17.7. The number of rotatable bonds is 3. The monoisotopic (exact) mass is 346 g/mol. The molecule has 0 unspecified atom stereocenters. The molecule has 0 aliphatic carbocycles. The van der Waals surface area contributed by atoms with Crippen molar-refractivity contribution in [3.8, 4) is 0 Å². The Morgan fingerprint density at radius 2 is 1.92 bits per heavy atom. The van der Waals surface area contributed by atoms with E-state index in [-0.39, 0.29) is 18.3 Å². The van der Waals surface area contributed by atoms with Gasteiger partial charge in [0.25, 0.3) is 0 Å². The standard InChI is InChI=1S/C14H21F3N6O/c1-11(24)21-5-7-22(8-6-21)13(18-2)20-9-12-19-3-4-23(12)10-14(15,16)17/h3-4H,5-10H2,1-2H3,(H,18,20). The van der Waals surface area contributed by atoms with E-state index < -0.39 is 12.7 Å². The number of aromatic nitrogens is 2. The Labute approximate surface area is 138 Å². The van der Waals surface area contributed by atoms with Crippen molar-refractivity contribution < 1.29 is 18.0 Å². The van der Waals surface area contributed by atoms with Crippen LogP contribution in [0.15, 0.2) is 17.4 Å². The van der Waals surface area contributed by atoms with Crippen molar-refractivity contribution >= 4 is 11.9 Å². The molecular weight excluding hydrogens is 325 g/mol. The summed E-state index contributed by atoms with van der Waals surface area (Å²) in [5.41, 5.74) is 0. The van der Waals surface area contributed by atoms with E-state index in [2.05, 4.69) is 15.3 Å². The highest BCUT2D eigenvalue weighted by atomic mass is 19.4. The Bertz CT molecular complexity index is 590. The maximum Gasteiger partial charge on any atom is 0.406 e. The second kappa shape index (κ2) is 7.54. The lowest BCUT2D eigenvalue weighted by molar-refractivity contribution is -0.141. The predicted molar refractivity (Wildman–Crippen MR) is 82.3 cm³/mol. The molecule has 0 aromatic carbocycles. The van der Waals surface area contributed by atoms with Crippen LogP contribution in [0, 0.1) is 0 Å². The molecule has 2 heterocycles. The van der Waals surface area contributed by atoms with Gasteiger partial charge in [-0.25, -0.2) is 4.98 Å². The molecule has 2 rings (SSSR count). The third-order valence-electron chi connectivity index (χ3n) is 3.79. The van der Waals surface area contributed by atoms with Crippen LogP contribution in [-0.2, 0) is 17.9 Å². The third kappa shape index (κ3) is 4.87. The fourth-order valence-corrected chi connectivity index (χ4v) is 2.57. The number of hydrogen-bond acceptors (Lipinski definition) is 3. The lowest BCUT2D eigenvalue weighted by Gasteiger charge is -2.36. The first-order valence-electron chi connectivity index (χ1n) is 7.58. The average Bonchev–Trinajstić information content (AvgIpc) is 2.93. The van der Waals surface area contributed by atoms with Gasteiger partial charge in [0.15, 0.2) is 5.96 Å². The van der Waals surface area contributed by atoms with Crippen LogP contribution >= 0.6 is 0 Å². The third-order valence-corrected chi connectivity index (χ3v) is 3.79. The van der Waals surface area contributed by atoms with Gasteiger partial charge in [0.1, 0.15) is 12.4 Å². The zero-order valence-corrected chi connectivity index (χ0v) is 13.7. The van der Waals surface area contributed by atoms with Gasteiger partial charge in [-0.1, -0.05) is 0 Å². The maximum absolute atomic E-state index is 12.5. The van der Waals surface area contributed by atoms with Gasteiger partial charge in [0, 0.05) is 52.5 Å². The Hall–Kier alpha value is -2.26. The molecule has 1 fully saturated rings. The number of amides is 1. The summed E-state index contributed by atoms with van der Waals surface area (Å²) in [5.74, 6) is 0.905. The smallest absolute Gasteiger partial charge is 0.349 e. The van der Waals surface area contributed by atoms with Crippen molar-refractivity contribution in [3.63, 3.8) is 0 Å². The predicted octanol–water partition coefficient (Wildman–Crippen LogP) is 0.685. The molecule has 1 aromatic rings. The molecule has 0 radical (unpaired) electrons. The van der Waals surface area contributed by atoms with Crippen molar-refractivity contribution in [3.05, 3.63) is 18.2 Å². The Kier molecular flexibility index (Phi) is 5.68. The molecule has 0 saturated carbocycles. The molecule has 10 heteroatoms. The highest BCUT2D eigenvalue weighted by molar-refractivity contribution is 5.80. The van der Waals surface area contributed by atoms with Crippen LogP contribution in [0.3, 0.4) is 0 Å². The Balaban J connectivity index is 1.91. The Morgan fingerprint density at radius 3 is 2.46 bits per heavy atom. The van der Waals surface area contributed by atoms with Gasteiger partial charge in [-0.3, -0.25) is 9.79 Å². The lowest BCUT2D eigenvalue weighted by atomic mass is 10.3. The highest BCUT2D eigenvalue weighted by Crippen LogP contribution is 2.18. The topological polar surface area (TPSA) is 65.8 Å². The van der Waals surface area contributed by atoms with Gasteiger partial charge in [-0.2, -0.15) is 13.2 Å². The molecule has 24 heavy (non-hydrogen) atoms. The molecule has 1 amide bonds. The normalized spacial score (nSPS) is 16.5. The van der Waals surface area contributed by atoms with Crippen LogP contribution in [0.25, 0.3) is 0 Å². The van der Waals surface area contributed by atoms with E-state index in [1.54, 1.807) is 11.9 Å².